The molecule has 11 aromatic rings. The molecule has 11 aromatic heterocycles. The van der Waals surface area contributed by atoms with E-state index in [2.05, 4.69) is 217 Å². The lowest BCUT2D eigenvalue weighted by Gasteiger charge is -2.13. The summed E-state index contributed by atoms with van der Waals surface area (Å²) >= 11 is 38.9. The van der Waals surface area contributed by atoms with Crippen LogP contribution in [0.2, 0.25) is 0 Å². The van der Waals surface area contributed by atoms with Crippen molar-refractivity contribution in [1.29, 1.82) is 0 Å². The zero-order valence-electron chi connectivity index (χ0n) is 76.8. The minimum absolute atomic E-state index is 0.0569. The maximum Gasteiger partial charge on any atom is 0.373 e. The van der Waals surface area contributed by atoms with Gasteiger partial charge in [0.05, 0.1) is 42.6 Å². The predicted molar refractivity (Wildman–Crippen MR) is 557 cm³/mol. The van der Waals surface area contributed by atoms with Crippen molar-refractivity contribution in [1.82, 2.24) is 46.7 Å². The molecule has 5 aliphatic rings. The molecule has 0 bridgehead atoms. The van der Waals surface area contributed by atoms with Gasteiger partial charge in [0.25, 0.3) is 22.2 Å². The number of aryl methyl sites for hydroxylation is 8. The van der Waals surface area contributed by atoms with E-state index in [-0.39, 0.29) is 92.7 Å². The number of thiophene rings is 6. The number of aromatic amines is 1. The van der Waals surface area contributed by atoms with Crippen molar-refractivity contribution >= 4 is 253 Å². The van der Waals surface area contributed by atoms with E-state index in [1.54, 1.807) is 29.6 Å². The van der Waals surface area contributed by atoms with E-state index in [1.807, 2.05) is 58.9 Å². The van der Waals surface area contributed by atoms with Crippen molar-refractivity contribution in [2.24, 2.45) is 41.2 Å². The number of aldehydes is 1. The number of hydrogen-bond acceptors (Lipinski definition) is 23. The number of anilines is 2. The number of rotatable bonds is 21. The van der Waals surface area contributed by atoms with Crippen LogP contribution in [0, 0.1) is 77.0 Å². The molecule has 129 heavy (non-hydrogen) atoms. The smallest absolute Gasteiger partial charge is 0.373 e. The van der Waals surface area contributed by atoms with E-state index < -0.39 is 0 Å². The van der Waals surface area contributed by atoms with Crippen molar-refractivity contribution in [3.63, 3.8) is 0 Å². The van der Waals surface area contributed by atoms with E-state index in [0.717, 1.165) is 151 Å². The van der Waals surface area contributed by atoms with Crippen molar-refractivity contribution < 1.29 is 24.0 Å². The number of nitrogen functional groups attached to an aromatic ring is 1. The van der Waals surface area contributed by atoms with Crippen LogP contribution in [-0.2, 0) is 74.7 Å². The van der Waals surface area contributed by atoms with Gasteiger partial charge in [0.15, 0.2) is 0 Å². The summed E-state index contributed by atoms with van der Waals surface area (Å²) in [6.07, 6.45) is 14.2. The van der Waals surface area contributed by atoms with Gasteiger partial charge in [0.1, 0.15) is 25.6 Å². The molecule has 26 nitrogen and oxygen atoms in total. The summed E-state index contributed by atoms with van der Waals surface area (Å²) in [5, 5.41) is 16.7. The molecule has 0 unspecified atom stereocenters. The van der Waals surface area contributed by atoms with Crippen LogP contribution in [0.5, 0.6) is 0 Å². The fourth-order valence-corrected chi connectivity index (χ4v) is 22.9. The molecule has 0 spiro atoms. The summed E-state index contributed by atoms with van der Waals surface area (Å²) in [5.41, 5.74) is 15.6. The van der Waals surface area contributed by atoms with E-state index in [0.29, 0.717) is 95.1 Å². The second-order valence-electron chi connectivity index (χ2n) is 34.2. The van der Waals surface area contributed by atoms with Gasteiger partial charge in [0, 0.05) is 163 Å². The highest BCUT2D eigenvalue weighted by Crippen LogP contribution is 2.42. The molecule has 5 saturated carbocycles. The number of nitrogens with zero attached hydrogens (tertiary/aromatic N) is 9. The summed E-state index contributed by atoms with van der Waals surface area (Å²) in [6.45, 7) is 45.0. The van der Waals surface area contributed by atoms with Crippen LogP contribution in [0.25, 0.3) is 40.9 Å². The van der Waals surface area contributed by atoms with Gasteiger partial charge in [0.2, 0.25) is 0 Å². The molecule has 0 amide bonds. The Labute approximate surface area is 835 Å². The van der Waals surface area contributed by atoms with Gasteiger partial charge in [-0.05, 0) is 225 Å². The quantitative estimate of drug-likeness (QED) is 0.0383. The van der Waals surface area contributed by atoms with Crippen molar-refractivity contribution in [3.8, 4) is 0 Å². The van der Waals surface area contributed by atoms with Crippen molar-refractivity contribution in [2.45, 2.75) is 284 Å². The third-order valence-corrected chi connectivity index (χ3v) is 31.0. The normalized spacial score (nSPS) is 13.5. The lowest BCUT2D eigenvalue weighted by molar-refractivity contribution is -0.193. The molecule has 5 aliphatic carbocycles. The second kappa shape index (κ2) is 54.4. The molecule has 5 fully saturated rings. The molecule has 0 aliphatic heterocycles. The van der Waals surface area contributed by atoms with Gasteiger partial charge in [-0.2, -0.15) is 24.3 Å². The first-order chi connectivity index (χ1) is 60.9. The Bertz CT molecular complexity index is 6130. The highest BCUT2D eigenvalue weighted by Gasteiger charge is 2.35. The second-order valence-corrected chi connectivity index (χ2v) is 45.1. The summed E-state index contributed by atoms with van der Waals surface area (Å²) < 4.78 is 15.5. The van der Waals surface area contributed by atoms with Gasteiger partial charge in [-0.3, -0.25) is 60.8 Å². The van der Waals surface area contributed by atoms with E-state index >= 15 is 0 Å². The largest absolute Gasteiger partial charge is 0.390 e. The minimum atomic E-state index is -0.167. The summed E-state index contributed by atoms with van der Waals surface area (Å²) in [6, 6.07) is 7.31. The summed E-state index contributed by atoms with van der Waals surface area (Å²) in [4.78, 5) is 154. The van der Waals surface area contributed by atoms with Crippen molar-refractivity contribution in [2.75, 3.05) is 22.9 Å². The Morgan fingerprint density at radius 2 is 0.837 bits per heavy atom. The Hall–Kier alpha value is -5.38. The molecule has 0 radical (unpaired) electrons. The molecule has 0 atom stereocenters. The molecule has 712 valence electrons. The molecule has 0 aromatic carbocycles. The third kappa shape index (κ3) is 32.1. The SMILES string of the molecule is BrBr.CC(C)C=O.CC(C)Cn1c(=O)n(C2CC2)c(=O)c2c(Br)c(CBr)sc21.CCc1cc(C)sc1N.CCc1cc(C)sc1NCC(C)C.Cc1cc2c(=O)n(C3CC3)c(=O)n(CC(C)C)c2s1.Cc1n[nH]c(C)c1Cc1sc2c(c1Br)c(=O)n(C1CC1)c(=O)n2CC(C)C.Cc1sc2c(c1Br)c(=O)n(C1CC1)c(=O)n2CC(C)C.ClCCl.NC1CC1.O=C=O.O=C=O. The minimum Gasteiger partial charge on any atom is -0.390 e. The number of fused-ring (bicyclic) bond motifs is 4. The first-order valence-corrected chi connectivity index (χ1v) is 55.9. The topological polar surface area (TPSA) is 354 Å². The molecule has 16 rings (SSSR count). The first kappa shape index (κ1) is 114. The highest BCUT2D eigenvalue weighted by molar-refractivity contribution is 9.93. The fraction of sp³-hybridized carbons (Fsp3) is 0.573. The third-order valence-electron chi connectivity index (χ3n) is 19.9. The van der Waals surface area contributed by atoms with E-state index in [9.17, 15) is 43.2 Å². The van der Waals surface area contributed by atoms with E-state index in [1.165, 1.54) is 102 Å². The first-order valence-electron chi connectivity index (χ1n) is 42.7. The number of halogens is 8. The molecular weight excluding hydrogens is 2200 g/mol. The molecule has 0 saturated heterocycles. The Morgan fingerprint density at radius 3 is 1.15 bits per heavy atom. The van der Waals surface area contributed by atoms with Gasteiger partial charge >= 0.3 is 35.1 Å². The van der Waals surface area contributed by atoms with Crippen molar-refractivity contribution in [3.05, 3.63) is 172 Å². The Balaban J connectivity index is 0.000000267. The van der Waals surface area contributed by atoms with Gasteiger partial charge in [-0.25, -0.2) is 19.2 Å². The lowest BCUT2D eigenvalue weighted by atomic mass is 10.1. The van der Waals surface area contributed by atoms with E-state index in [4.69, 9.17) is 53.8 Å². The average molecular weight is 2320 g/mol. The number of carbonyl (C=O) groups is 1. The Kier molecular flexibility index (Phi) is 48.1. The monoisotopic (exact) mass is 2320 g/mol. The average Bonchev–Trinajstić information content (AvgIpc) is 1.56. The molecule has 40 heteroatoms. The molecule has 11 heterocycles. The van der Waals surface area contributed by atoms with Gasteiger partial charge in [-0.1, -0.05) is 113 Å². The zero-order valence-corrected chi connectivity index (χ0v) is 92.7. The molecular formula is C89H121Br6Cl2N13O13S6. The summed E-state index contributed by atoms with van der Waals surface area (Å²) in [5.74, 6) is 2.33. The van der Waals surface area contributed by atoms with Crippen LogP contribution < -0.4 is 61.8 Å². The van der Waals surface area contributed by atoms with Crippen LogP contribution >= 0.6 is 183 Å². The number of hydrogen-bond donors (Lipinski definition) is 4. The standard InChI is InChI=1S/C19H23BrN4O2S.C14H16Br2N2O2S.C14H17BrN2O2S.C14H18N2O2S.C11H19NS.C7H11NS.C4H8O.C3H7N.CH2Cl2.2CO2.Br2/c1-9(2)8-23-18-15(17(25)24(19(23)26)12-5-6-12)16(20)14(27-18)7-13-10(3)21-22-11(13)4;1-7(2)6-17-13-10(11(16)9(5-15)21-13)12(19)18(14(17)20)8-3-4-8;1-7(2)6-16-13-10(11(15)8(3)20-13)12(18)17(14(16)19)9-4-5-9;1-8(2)7-15-13-11(6-9(3)19-13)12(17)16(14(15)18)10-4-5-10;1-5-10-6-9(4)13-11(10)12-7-8(2)3;1-3-6-4-5(2)9-7(6)8;1-4(2)3-5;4-3-1-2-3;3*2-1-3;1-2/h9,12H,5-8H2,1-4H3,(H,21,22);7-8H,3-6H2,1-2H3;7,9H,4-6H2,1-3H3;6,8,10H,4-5,7H2,1-3H3;6,8,12H,5,7H2,1-4H3;4H,3,8H2,1-2H3;3-4H,1-2H3;3H,1-2,4H2;1H2;;;. The number of nitrogens with one attached hydrogen (secondary N) is 2. The number of H-pyrrole nitrogens is 1. The fourth-order valence-electron chi connectivity index (χ4n) is 13.2. The zero-order chi connectivity index (χ0) is 97.2. The maximum atomic E-state index is 13.1. The predicted octanol–water partition coefficient (Wildman–Crippen LogP) is 22.4. The van der Waals surface area contributed by atoms with Gasteiger partial charge in [-0.15, -0.1) is 91.2 Å². The molecule has 6 N–H and O–H groups in total. The van der Waals surface area contributed by atoms with Crippen LogP contribution in [0.3, 0.4) is 0 Å². The van der Waals surface area contributed by atoms with Crippen LogP contribution in [-0.4, -0.2) is 83.2 Å². The Morgan fingerprint density at radius 1 is 0.504 bits per heavy atom. The van der Waals surface area contributed by atoms with Gasteiger partial charge < -0.3 is 21.6 Å². The summed E-state index contributed by atoms with van der Waals surface area (Å²) in [7, 11) is 0. The van der Waals surface area contributed by atoms with Crippen LogP contribution in [0.4, 0.5) is 10.0 Å². The lowest BCUT2D eigenvalue weighted by Crippen LogP contribution is -2.39. The van der Waals surface area contributed by atoms with Crippen LogP contribution in [0.1, 0.15) is 243 Å². The number of alkyl halides is 3. The number of aromatic nitrogens is 10. The highest BCUT2D eigenvalue weighted by atomic mass is 80.9. The van der Waals surface area contributed by atoms with Crippen LogP contribution in [0.15, 0.2) is 70.0 Å². The maximum absolute atomic E-state index is 13.1. The number of nitrogens with two attached hydrogens (primary N) is 2. The number of carbonyl (C=O) groups excluding carboxylic acids is 5.